The van der Waals surface area contributed by atoms with Crippen molar-refractivity contribution in [3.63, 3.8) is 0 Å². The van der Waals surface area contributed by atoms with Gasteiger partial charge in [-0.25, -0.2) is 0 Å². The Bertz CT molecular complexity index is 583. The molecule has 1 N–H and O–H groups in total. The Morgan fingerprint density at radius 2 is 2.32 bits per heavy atom. The molecule has 2 atom stereocenters. The number of likely N-dealkylation sites (tertiary alicyclic amines) is 1. The van der Waals surface area contributed by atoms with Crippen molar-refractivity contribution >= 4 is 23.2 Å². The summed E-state index contributed by atoms with van der Waals surface area (Å²) in [5.74, 6) is 1.38. The number of hydrogen-bond acceptors (Lipinski definition) is 5. The summed E-state index contributed by atoms with van der Waals surface area (Å²) in [5.41, 5.74) is 0. The van der Waals surface area contributed by atoms with E-state index in [2.05, 4.69) is 39.3 Å². The molecule has 1 saturated heterocycles. The summed E-state index contributed by atoms with van der Waals surface area (Å²) in [6, 6.07) is 2.80. The van der Waals surface area contributed by atoms with Crippen molar-refractivity contribution in [1.29, 1.82) is 0 Å². The van der Waals surface area contributed by atoms with E-state index >= 15 is 0 Å². The minimum absolute atomic E-state index is 0.428. The van der Waals surface area contributed by atoms with Crippen molar-refractivity contribution in [2.45, 2.75) is 31.8 Å². The highest BCUT2D eigenvalue weighted by Gasteiger charge is 2.23. The summed E-state index contributed by atoms with van der Waals surface area (Å²) in [6.07, 6.45) is 3.70. The molecule has 0 bridgehead atoms. The predicted octanol–water partition coefficient (Wildman–Crippen LogP) is 1.67. The molecular formula is C12H17ClN6. The number of nitrogens with one attached hydrogen (secondary N) is 1. The van der Waals surface area contributed by atoms with E-state index in [-0.39, 0.29) is 0 Å². The molecule has 102 valence electrons. The van der Waals surface area contributed by atoms with Crippen LogP contribution in [0.5, 0.6) is 0 Å². The van der Waals surface area contributed by atoms with Crippen LogP contribution < -0.4 is 5.32 Å². The van der Waals surface area contributed by atoms with Crippen LogP contribution in [0, 0.1) is 0 Å². The van der Waals surface area contributed by atoms with Gasteiger partial charge in [0.2, 0.25) is 0 Å². The van der Waals surface area contributed by atoms with Gasteiger partial charge in [-0.15, -0.1) is 0 Å². The van der Waals surface area contributed by atoms with Gasteiger partial charge in [-0.3, -0.25) is 0 Å². The van der Waals surface area contributed by atoms with E-state index in [4.69, 9.17) is 11.6 Å². The normalized spacial score (nSPS) is 24.8. The lowest BCUT2D eigenvalue weighted by molar-refractivity contribution is 0.190. The predicted molar refractivity (Wildman–Crippen MR) is 74.5 cm³/mol. The minimum Gasteiger partial charge on any atom is -0.367 e. The first-order chi connectivity index (χ1) is 9.13. The van der Waals surface area contributed by atoms with Gasteiger partial charge in [-0.05, 0) is 26.8 Å². The van der Waals surface area contributed by atoms with E-state index in [1.807, 2.05) is 0 Å². The molecule has 1 aliphatic heterocycles. The maximum absolute atomic E-state index is 6.01. The second kappa shape index (κ2) is 4.94. The van der Waals surface area contributed by atoms with Crippen molar-refractivity contribution in [2.24, 2.45) is 0 Å². The van der Waals surface area contributed by atoms with Gasteiger partial charge < -0.3 is 10.2 Å². The van der Waals surface area contributed by atoms with Crippen molar-refractivity contribution in [3.8, 4) is 0 Å². The van der Waals surface area contributed by atoms with Crippen LogP contribution in [0.15, 0.2) is 12.4 Å². The number of aromatic nitrogens is 4. The van der Waals surface area contributed by atoms with Gasteiger partial charge in [-0.1, -0.05) is 11.6 Å². The largest absolute Gasteiger partial charge is 0.367 e. The number of fused-ring (bicyclic) bond motifs is 1. The van der Waals surface area contributed by atoms with Gasteiger partial charge in [-0.2, -0.15) is 19.6 Å². The van der Waals surface area contributed by atoms with Gasteiger partial charge in [0.1, 0.15) is 17.3 Å². The zero-order valence-electron chi connectivity index (χ0n) is 11.0. The van der Waals surface area contributed by atoms with Gasteiger partial charge in [0.15, 0.2) is 0 Å². The van der Waals surface area contributed by atoms with Crippen molar-refractivity contribution in [1.82, 2.24) is 24.5 Å². The number of piperidine rings is 1. The Labute approximate surface area is 116 Å². The second-order valence-electron chi connectivity index (χ2n) is 5.13. The average Bonchev–Trinajstić information content (AvgIpc) is 2.82. The van der Waals surface area contributed by atoms with E-state index in [1.54, 1.807) is 10.6 Å². The van der Waals surface area contributed by atoms with E-state index in [1.165, 1.54) is 6.33 Å². The van der Waals surface area contributed by atoms with Crippen LogP contribution in [-0.2, 0) is 0 Å². The van der Waals surface area contributed by atoms with E-state index in [0.717, 1.165) is 25.2 Å². The molecule has 3 heterocycles. The first-order valence-electron chi connectivity index (χ1n) is 6.46. The van der Waals surface area contributed by atoms with Crippen LogP contribution in [0.2, 0.25) is 5.15 Å². The third-order valence-corrected chi connectivity index (χ3v) is 3.97. The molecule has 0 saturated carbocycles. The second-order valence-corrected chi connectivity index (χ2v) is 5.52. The standard InChI is InChI=1S/C12H17ClN6/c1-8-5-9(3-4-18(8)2)16-11-6-10(13)17-12-14-7-15-19(11)12/h6-9,16H,3-5H2,1-2H3. The van der Waals surface area contributed by atoms with Crippen LogP contribution in [-0.4, -0.2) is 50.2 Å². The molecule has 0 spiro atoms. The number of rotatable bonds is 2. The molecule has 0 amide bonds. The molecule has 7 heteroatoms. The van der Waals surface area contributed by atoms with Crippen LogP contribution in [0.1, 0.15) is 19.8 Å². The Balaban J connectivity index is 1.83. The van der Waals surface area contributed by atoms with Crippen molar-refractivity contribution < 1.29 is 0 Å². The molecule has 19 heavy (non-hydrogen) atoms. The van der Waals surface area contributed by atoms with Gasteiger partial charge in [0.25, 0.3) is 5.78 Å². The average molecular weight is 281 g/mol. The lowest BCUT2D eigenvalue weighted by atomic mass is 9.99. The molecule has 6 nitrogen and oxygen atoms in total. The quantitative estimate of drug-likeness (QED) is 0.848. The molecule has 3 rings (SSSR count). The molecule has 2 aromatic heterocycles. The zero-order chi connectivity index (χ0) is 13.4. The Kier molecular flexibility index (Phi) is 3.28. The van der Waals surface area contributed by atoms with E-state index < -0.39 is 0 Å². The number of nitrogens with zero attached hydrogens (tertiary/aromatic N) is 5. The summed E-state index contributed by atoms with van der Waals surface area (Å²) in [4.78, 5) is 10.6. The molecule has 0 radical (unpaired) electrons. The first kappa shape index (κ1) is 12.6. The maximum Gasteiger partial charge on any atom is 0.255 e. The monoisotopic (exact) mass is 280 g/mol. The van der Waals surface area contributed by atoms with Crippen LogP contribution in [0.25, 0.3) is 5.78 Å². The lowest BCUT2D eigenvalue weighted by Gasteiger charge is -2.35. The van der Waals surface area contributed by atoms with Gasteiger partial charge in [0, 0.05) is 24.7 Å². The van der Waals surface area contributed by atoms with Gasteiger partial charge >= 0.3 is 0 Å². The summed E-state index contributed by atoms with van der Waals surface area (Å²) in [7, 11) is 2.17. The Hall–Kier alpha value is -1.40. The number of halogens is 1. The fraction of sp³-hybridized carbons (Fsp3) is 0.583. The zero-order valence-corrected chi connectivity index (χ0v) is 11.8. The van der Waals surface area contributed by atoms with E-state index in [0.29, 0.717) is 23.0 Å². The fourth-order valence-corrected chi connectivity index (χ4v) is 2.69. The highest BCUT2D eigenvalue weighted by molar-refractivity contribution is 6.29. The lowest BCUT2D eigenvalue weighted by Crippen LogP contribution is -2.42. The van der Waals surface area contributed by atoms with E-state index in [9.17, 15) is 0 Å². The highest BCUT2D eigenvalue weighted by Crippen LogP contribution is 2.21. The maximum atomic E-state index is 6.01. The summed E-state index contributed by atoms with van der Waals surface area (Å²) >= 11 is 6.01. The van der Waals surface area contributed by atoms with Crippen molar-refractivity contribution in [3.05, 3.63) is 17.5 Å². The Morgan fingerprint density at radius 1 is 1.47 bits per heavy atom. The molecular weight excluding hydrogens is 264 g/mol. The SMILES string of the molecule is CC1CC(Nc2cc(Cl)nc3ncnn23)CCN1C. The third kappa shape index (κ3) is 2.50. The summed E-state index contributed by atoms with van der Waals surface area (Å²) in [5, 5.41) is 8.12. The molecule has 0 aliphatic carbocycles. The molecule has 2 aromatic rings. The number of anilines is 1. The summed E-state index contributed by atoms with van der Waals surface area (Å²) in [6.45, 7) is 3.34. The molecule has 2 unspecified atom stereocenters. The van der Waals surface area contributed by atoms with Gasteiger partial charge in [0.05, 0.1) is 0 Å². The highest BCUT2D eigenvalue weighted by atomic mass is 35.5. The van der Waals surface area contributed by atoms with Crippen LogP contribution >= 0.6 is 11.6 Å². The van der Waals surface area contributed by atoms with Crippen LogP contribution in [0.3, 0.4) is 0 Å². The molecule has 0 aromatic carbocycles. The van der Waals surface area contributed by atoms with Crippen molar-refractivity contribution in [2.75, 3.05) is 18.9 Å². The number of hydrogen-bond donors (Lipinski definition) is 1. The summed E-state index contributed by atoms with van der Waals surface area (Å²) < 4.78 is 1.69. The third-order valence-electron chi connectivity index (χ3n) is 3.78. The first-order valence-corrected chi connectivity index (χ1v) is 6.84. The van der Waals surface area contributed by atoms with Crippen LogP contribution in [0.4, 0.5) is 5.82 Å². The minimum atomic E-state index is 0.428. The molecule has 1 fully saturated rings. The Morgan fingerprint density at radius 3 is 3.11 bits per heavy atom. The smallest absolute Gasteiger partial charge is 0.255 e. The topological polar surface area (TPSA) is 58.4 Å². The molecule has 1 aliphatic rings. The fourth-order valence-electron chi connectivity index (χ4n) is 2.52.